The molecule has 0 atom stereocenters. The molecule has 5 heteroatoms. The summed E-state index contributed by atoms with van der Waals surface area (Å²) in [5, 5.41) is 0. The zero-order chi connectivity index (χ0) is 13.1. The molecule has 0 bridgehead atoms. The highest BCUT2D eigenvalue weighted by Gasteiger charge is 2.24. The van der Waals surface area contributed by atoms with Gasteiger partial charge < -0.3 is 4.74 Å². The van der Waals surface area contributed by atoms with E-state index in [0.29, 0.717) is 11.4 Å². The van der Waals surface area contributed by atoms with Crippen LogP contribution in [0.15, 0.2) is 49.1 Å². The molecule has 0 saturated carbocycles. The van der Waals surface area contributed by atoms with E-state index in [2.05, 4.69) is 6.58 Å². The lowest BCUT2D eigenvalue weighted by molar-refractivity contribution is -0.129. The Hall–Kier alpha value is -2.69. The summed E-state index contributed by atoms with van der Waals surface area (Å²) in [7, 11) is 0. The molecule has 0 fully saturated rings. The van der Waals surface area contributed by atoms with E-state index in [1.165, 1.54) is 36.4 Å². The Morgan fingerprint density at radius 2 is 1.67 bits per heavy atom. The Kier molecular flexibility index (Phi) is 3.05. The van der Waals surface area contributed by atoms with Gasteiger partial charge >= 0.3 is 5.97 Å². The molecule has 0 unspecified atom stereocenters. The van der Waals surface area contributed by atoms with Gasteiger partial charge in [-0.05, 0) is 24.3 Å². The number of rotatable bonds is 3. The minimum atomic E-state index is -0.572. The Balaban J connectivity index is 2.18. The maximum absolute atomic E-state index is 11.4. The zero-order valence-corrected chi connectivity index (χ0v) is 9.33. The maximum atomic E-state index is 11.4. The molecule has 0 N–H and O–H groups in total. The predicted molar refractivity (Wildman–Crippen MR) is 63.9 cm³/mol. The highest BCUT2D eigenvalue weighted by molar-refractivity contribution is 6.28. The summed E-state index contributed by atoms with van der Waals surface area (Å²) < 4.78 is 4.87. The smallest absolute Gasteiger partial charge is 0.335 e. The first-order valence-electron chi connectivity index (χ1n) is 5.12. The Labute approximate surface area is 103 Å². The summed E-state index contributed by atoms with van der Waals surface area (Å²) in [5.41, 5.74) is 0.424. The van der Waals surface area contributed by atoms with E-state index in [9.17, 15) is 14.4 Å². The van der Waals surface area contributed by atoms with Crippen LogP contribution in [0.1, 0.15) is 0 Å². The van der Waals surface area contributed by atoms with Gasteiger partial charge in [0.2, 0.25) is 0 Å². The predicted octanol–water partition coefficient (Wildman–Crippen LogP) is 1.21. The number of carbonyl (C=O) groups excluding carboxylic acids is 3. The van der Waals surface area contributed by atoms with Crippen LogP contribution >= 0.6 is 0 Å². The van der Waals surface area contributed by atoms with Crippen LogP contribution in [0.2, 0.25) is 0 Å². The van der Waals surface area contributed by atoms with E-state index in [1.54, 1.807) is 0 Å². The number of carbonyl (C=O) groups is 3. The Morgan fingerprint density at radius 1 is 1.11 bits per heavy atom. The van der Waals surface area contributed by atoms with E-state index in [1.807, 2.05) is 0 Å². The summed E-state index contributed by atoms with van der Waals surface area (Å²) in [5.74, 6) is -1.04. The van der Waals surface area contributed by atoms with Crippen molar-refractivity contribution in [1.82, 2.24) is 0 Å². The number of benzene rings is 1. The van der Waals surface area contributed by atoms with Crippen LogP contribution in [0, 0.1) is 0 Å². The molecule has 5 nitrogen and oxygen atoms in total. The van der Waals surface area contributed by atoms with Gasteiger partial charge in [-0.1, -0.05) is 6.58 Å². The molecule has 1 aliphatic rings. The molecular formula is C13H9NO4. The molecular weight excluding hydrogens is 234 g/mol. The number of hydrogen-bond acceptors (Lipinski definition) is 4. The lowest BCUT2D eigenvalue weighted by atomic mass is 10.3. The summed E-state index contributed by atoms with van der Waals surface area (Å²) in [4.78, 5) is 34.8. The molecule has 1 aliphatic heterocycles. The van der Waals surface area contributed by atoms with Crippen LogP contribution in [0.4, 0.5) is 5.69 Å². The number of anilines is 1. The molecule has 1 aromatic carbocycles. The fourth-order valence-electron chi connectivity index (χ4n) is 1.48. The van der Waals surface area contributed by atoms with Crippen LogP contribution in [0.25, 0.3) is 0 Å². The van der Waals surface area contributed by atoms with Gasteiger partial charge in [-0.25, -0.2) is 9.69 Å². The van der Waals surface area contributed by atoms with Crippen molar-refractivity contribution < 1.29 is 19.1 Å². The Morgan fingerprint density at radius 3 is 2.17 bits per heavy atom. The minimum absolute atomic E-state index is 0.315. The first-order valence-corrected chi connectivity index (χ1v) is 5.12. The number of amides is 2. The summed E-state index contributed by atoms with van der Waals surface area (Å²) in [6.07, 6.45) is 3.45. The molecule has 0 aromatic heterocycles. The molecule has 90 valence electrons. The average Bonchev–Trinajstić information content (AvgIpc) is 2.70. The first kappa shape index (κ1) is 11.8. The van der Waals surface area contributed by atoms with Gasteiger partial charge in [0, 0.05) is 18.2 Å². The highest BCUT2D eigenvalue weighted by Crippen LogP contribution is 2.22. The first-order chi connectivity index (χ1) is 8.61. The Bertz CT molecular complexity index is 539. The van der Waals surface area contributed by atoms with E-state index in [-0.39, 0.29) is 0 Å². The van der Waals surface area contributed by atoms with Crippen molar-refractivity contribution in [3.63, 3.8) is 0 Å². The van der Waals surface area contributed by atoms with Crippen molar-refractivity contribution in [3.8, 4) is 5.75 Å². The fourth-order valence-corrected chi connectivity index (χ4v) is 1.48. The zero-order valence-electron chi connectivity index (χ0n) is 9.33. The summed E-state index contributed by atoms with van der Waals surface area (Å²) in [6, 6.07) is 6.04. The fraction of sp³-hybridized carbons (Fsp3) is 0. The molecule has 18 heavy (non-hydrogen) atoms. The highest BCUT2D eigenvalue weighted by atomic mass is 16.5. The third-order valence-electron chi connectivity index (χ3n) is 2.29. The molecule has 0 spiro atoms. The average molecular weight is 243 g/mol. The number of ether oxygens (including phenoxy) is 1. The topological polar surface area (TPSA) is 63.7 Å². The van der Waals surface area contributed by atoms with Crippen LogP contribution in [0.3, 0.4) is 0 Å². The van der Waals surface area contributed by atoms with Crippen LogP contribution < -0.4 is 9.64 Å². The molecule has 0 aliphatic carbocycles. The van der Waals surface area contributed by atoms with Crippen molar-refractivity contribution in [2.75, 3.05) is 4.90 Å². The van der Waals surface area contributed by atoms with Crippen LogP contribution in [-0.4, -0.2) is 17.8 Å². The second kappa shape index (κ2) is 4.67. The van der Waals surface area contributed by atoms with Gasteiger partial charge in [0.1, 0.15) is 5.75 Å². The number of esters is 1. The van der Waals surface area contributed by atoms with Gasteiger partial charge in [-0.3, -0.25) is 9.59 Å². The van der Waals surface area contributed by atoms with E-state index >= 15 is 0 Å². The number of imide groups is 1. The lowest BCUT2D eigenvalue weighted by Crippen LogP contribution is -2.29. The van der Waals surface area contributed by atoms with Crippen molar-refractivity contribution in [2.45, 2.75) is 0 Å². The van der Waals surface area contributed by atoms with Crippen molar-refractivity contribution >= 4 is 23.5 Å². The van der Waals surface area contributed by atoms with Gasteiger partial charge in [-0.2, -0.15) is 0 Å². The van der Waals surface area contributed by atoms with E-state index in [4.69, 9.17) is 4.74 Å². The maximum Gasteiger partial charge on any atom is 0.335 e. The van der Waals surface area contributed by atoms with Crippen molar-refractivity contribution in [1.29, 1.82) is 0 Å². The quantitative estimate of drug-likeness (QED) is 0.346. The number of nitrogens with zero attached hydrogens (tertiary/aromatic N) is 1. The van der Waals surface area contributed by atoms with E-state index in [0.717, 1.165) is 11.0 Å². The standard InChI is InChI=1S/C13H9NO4/c1-2-13(17)18-10-5-3-9(4-6-10)14-11(15)7-8-12(14)16/h2-8H,1H2. The van der Waals surface area contributed by atoms with Gasteiger partial charge in [-0.15, -0.1) is 0 Å². The van der Waals surface area contributed by atoms with Crippen LogP contribution in [0.5, 0.6) is 5.75 Å². The monoisotopic (exact) mass is 243 g/mol. The molecule has 2 rings (SSSR count). The molecule has 2 amide bonds. The van der Waals surface area contributed by atoms with Crippen molar-refractivity contribution in [3.05, 3.63) is 49.1 Å². The van der Waals surface area contributed by atoms with E-state index < -0.39 is 17.8 Å². The van der Waals surface area contributed by atoms with Crippen LogP contribution in [-0.2, 0) is 14.4 Å². The normalized spacial score (nSPS) is 13.9. The largest absolute Gasteiger partial charge is 0.423 e. The lowest BCUT2D eigenvalue weighted by Gasteiger charge is -2.13. The molecule has 1 heterocycles. The minimum Gasteiger partial charge on any atom is -0.423 e. The molecule has 0 saturated heterocycles. The van der Waals surface area contributed by atoms with Gasteiger partial charge in [0.15, 0.2) is 0 Å². The third-order valence-corrected chi connectivity index (χ3v) is 2.29. The second-order valence-electron chi connectivity index (χ2n) is 3.46. The third kappa shape index (κ3) is 2.20. The molecule has 1 aromatic rings. The summed E-state index contributed by atoms with van der Waals surface area (Å²) in [6.45, 7) is 3.28. The SMILES string of the molecule is C=CC(=O)Oc1ccc(N2C(=O)C=CC2=O)cc1. The van der Waals surface area contributed by atoms with Crippen molar-refractivity contribution in [2.24, 2.45) is 0 Å². The van der Waals surface area contributed by atoms with Gasteiger partial charge in [0.25, 0.3) is 11.8 Å². The summed E-state index contributed by atoms with van der Waals surface area (Å²) >= 11 is 0. The van der Waals surface area contributed by atoms with Gasteiger partial charge in [0.05, 0.1) is 5.69 Å². The number of hydrogen-bond donors (Lipinski definition) is 0. The molecule has 0 radical (unpaired) electrons. The second-order valence-corrected chi connectivity index (χ2v) is 3.46.